The molecule has 2 aromatic carbocycles. The summed E-state index contributed by atoms with van der Waals surface area (Å²) in [5, 5.41) is 21.2. The summed E-state index contributed by atoms with van der Waals surface area (Å²) in [7, 11) is 0. The first-order valence-electron chi connectivity index (χ1n) is 6.50. The molecule has 0 radical (unpaired) electrons. The highest BCUT2D eigenvalue weighted by Crippen LogP contribution is 2.11. The molecular formula is C15H17N3O3. The van der Waals surface area contributed by atoms with Crippen LogP contribution in [0.25, 0.3) is 0 Å². The molecule has 0 aliphatic heterocycles. The number of benzene rings is 2. The van der Waals surface area contributed by atoms with E-state index in [9.17, 15) is 10.0 Å². The maximum absolute atomic E-state index is 12.0. The summed E-state index contributed by atoms with van der Waals surface area (Å²) < 4.78 is 0. The quantitative estimate of drug-likeness (QED) is 0.605. The monoisotopic (exact) mass is 287 g/mol. The molecule has 6 heteroatoms. The SMILES string of the molecule is NC(Cc1ccccc1)C(=O)Nc1ccc([NH+]([O-])O)cc1. The summed E-state index contributed by atoms with van der Waals surface area (Å²) in [4.78, 5) is 12.0. The lowest BCUT2D eigenvalue weighted by atomic mass is 10.1. The zero-order valence-electron chi connectivity index (χ0n) is 11.3. The average Bonchev–Trinajstić information content (AvgIpc) is 2.48. The molecule has 0 spiro atoms. The topological polar surface area (TPSA) is 103 Å². The minimum absolute atomic E-state index is 0.168. The van der Waals surface area contributed by atoms with Crippen molar-refractivity contribution in [3.8, 4) is 0 Å². The van der Waals surface area contributed by atoms with E-state index in [0.29, 0.717) is 12.1 Å². The molecule has 0 aliphatic rings. The van der Waals surface area contributed by atoms with Gasteiger partial charge in [0, 0.05) is 17.8 Å². The fourth-order valence-electron chi connectivity index (χ4n) is 1.89. The van der Waals surface area contributed by atoms with E-state index in [1.165, 1.54) is 24.3 Å². The zero-order chi connectivity index (χ0) is 15.2. The van der Waals surface area contributed by atoms with Gasteiger partial charge in [0.15, 0.2) is 5.69 Å². The minimum Gasteiger partial charge on any atom is -0.595 e. The summed E-state index contributed by atoms with van der Waals surface area (Å²) in [5.41, 5.74) is 7.55. The van der Waals surface area contributed by atoms with Gasteiger partial charge in [-0.3, -0.25) is 4.79 Å². The van der Waals surface area contributed by atoms with Gasteiger partial charge in [0.1, 0.15) is 0 Å². The molecule has 5 N–H and O–H groups in total. The fraction of sp³-hybridized carbons (Fsp3) is 0.133. The average molecular weight is 287 g/mol. The molecule has 2 atom stereocenters. The number of amides is 1. The van der Waals surface area contributed by atoms with Crippen molar-refractivity contribution in [2.75, 3.05) is 5.32 Å². The zero-order valence-corrected chi connectivity index (χ0v) is 11.3. The molecule has 0 heterocycles. The van der Waals surface area contributed by atoms with E-state index >= 15 is 0 Å². The number of hydrogen-bond donors (Lipinski definition) is 4. The van der Waals surface area contributed by atoms with Crippen LogP contribution in [0.2, 0.25) is 0 Å². The van der Waals surface area contributed by atoms with E-state index in [-0.39, 0.29) is 11.6 Å². The molecule has 1 amide bonds. The Hall–Kier alpha value is -2.25. The van der Waals surface area contributed by atoms with Gasteiger partial charge in [0.2, 0.25) is 5.91 Å². The van der Waals surface area contributed by atoms with Crippen molar-refractivity contribution < 1.29 is 15.2 Å². The highest BCUT2D eigenvalue weighted by Gasteiger charge is 2.14. The van der Waals surface area contributed by atoms with Crippen LogP contribution in [0, 0.1) is 5.21 Å². The Kier molecular flexibility index (Phi) is 5.02. The lowest BCUT2D eigenvalue weighted by Crippen LogP contribution is -2.99. The molecule has 6 nitrogen and oxygen atoms in total. The van der Waals surface area contributed by atoms with Crippen molar-refractivity contribution in [2.45, 2.75) is 12.5 Å². The Bertz CT molecular complexity index is 585. The van der Waals surface area contributed by atoms with Gasteiger partial charge in [-0.15, -0.1) is 0 Å². The molecule has 21 heavy (non-hydrogen) atoms. The standard InChI is InChI=1S/C15H17N3O3/c16-14(10-11-4-2-1-3-5-11)15(19)17-12-6-8-13(9-7-12)18(20)21/h1-9,14,18,20H,10,16H2,(H,17,19). The number of nitrogens with one attached hydrogen (secondary N) is 2. The molecule has 0 saturated heterocycles. The number of carbonyl (C=O) groups excluding carboxylic acids is 1. The van der Waals surface area contributed by atoms with E-state index in [0.717, 1.165) is 5.56 Å². The van der Waals surface area contributed by atoms with Crippen molar-refractivity contribution in [3.63, 3.8) is 0 Å². The van der Waals surface area contributed by atoms with Crippen LogP contribution in [0.15, 0.2) is 54.6 Å². The van der Waals surface area contributed by atoms with E-state index in [4.69, 9.17) is 10.9 Å². The second kappa shape index (κ2) is 6.96. The predicted octanol–water partition coefficient (Wildman–Crippen LogP) is 0.599. The van der Waals surface area contributed by atoms with E-state index < -0.39 is 11.3 Å². The minimum atomic E-state index is -1.01. The van der Waals surface area contributed by atoms with Crippen LogP contribution in [0.3, 0.4) is 0 Å². The summed E-state index contributed by atoms with van der Waals surface area (Å²) in [5.74, 6) is -0.304. The van der Waals surface area contributed by atoms with Crippen molar-refractivity contribution in [1.82, 2.24) is 0 Å². The van der Waals surface area contributed by atoms with Crippen LogP contribution in [0.5, 0.6) is 0 Å². The first kappa shape index (κ1) is 15.1. The maximum Gasteiger partial charge on any atom is 0.241 e. The predicted molar refractivity (Wildman–Crippen MR) is 79.0 cm³/mol. The summed E-state index contributed by atoms with van der Waals surface area (Å²) in [6, 6.07) is 14.8. The first-order valence-corrected chi connectivity index (χ1v) is 6.50. The Morgan fingerprint density at radius 1 is 1.19 bits per heavy atom. The number of rotatable bonds is 5. The molecule has 0 fully saturated rings. The summed E-state index contributed by atoms with van der Waals surface area (Å²) in [6.07, 6.45) is 0.444. The highest BCUT2D eigenvalue weighted by molar-refractivity contribution is 5.94. The Labute approximate surface area is 122 Å². The van der Waals surface area contributed by atoms with E-state index in [2.05, 4.69) is 5.32 Å². The molecule has 0 aliphatic carbocycles. The fourth-order valence-corrected chi connectivity index (χ4v) is 1.89. The second-order valence-electron chi connectivity index (χ2n) is 4.67. The third-order valence-corrected chi connectivity index (χ3v) is 3.03. The number of hydrogen-bond acceptors (Lipinski definition) is 4. The number of quaternary nitrogens is 1. The van der Waals surface area contributed by atoms with Gasteiger partial charge >= 0.3 is 0 Å². The van der Waals surface area contributed by atoms with Gasteiger partial charge in [0.25, 0.3) is 0 Å². The Balaban J connectivity index is 1.94. The van der Waals surface area contributed by atoms with Crippen LogP contribution >= 0.6 is 0 Å². The van der Waals surface area contributed by atoms with Crippen LogP contribution in [-0.4, -0.2) is 17.2 Å². The van der Waals surface area contributed by atoms with E-state index in [1.807, 2.05) is 30.3 Å². The largest absolute Gasteiger partial charge is 0.595 e. The second-order valence-corrected chi connectivity index (χ2v) is 4.67. The molecular weight excluding hydrogens is 270 g/mol. The molecule has 2 rings (SSSR count). The maximum atomic E-state index is 12.0. The van der Waals surface area contributed by atoms with Crippen molar-refractivity contribution >= 4 is 17.3 Å². The molecule has 2 aromatic rings. The van der Waals surface area contributed by atoms with Gasteiger partial charge in [-0.25, -0.2) is 5.21 Å². The normalized spacial score (nSPS) is 13.5. The lowest BCUT2D eigenvalue weighted by Gasteiger charge is -2.14. The van der Waals surface area contributed by atoms with Gasteiger partial charge in [0.05, 0.1) is 6.04 Å². The number of nitrogens with two attached hydrogens (primary N) is 1. The van der Waals surface area contributed by atoms with Crippen LogP contribution < -0.4 is 16.3 Å². The van der Waals surface area contributed by atoms with Gasteiger partial charge < -0.3 is 16.3 Å². The van der Waals surface area contributed by atoms with Gasteiger partial charge in [-0.2, -0.15) is 5.23 Å². The summed E-state index contributed by atoms with van der Waals surface area (Å²) in [6.45, 7) is 0. The number of anilines is 1. The molecule has 2 unspecified atom stereocenters. The van der Waals surface area contributed by atoms with Gasteiger partial charge in [-0.1, -0.05) is 30.3 Å². The molecule has 110 valence electrons. The number of carbonyl (C=O) groups is 1. The van der Waals surface area contributed by atoms with Crippen LogP contribution in [-0.2, 0) is 11.2 Å². The van der Waals surface area contributed by atoms with Crippen LogP contribution in [0.1, 0.15) is 5.56 Å². The van der Waals surface area contributed by atoms with Crippen molar-refractivity contribution in [3.05, 3.63) is 65.4 Å². The lowest BCUT2D eigenvalue weighted by molar-refractivity contribution is -0.991. The third kappa shape index (κ3) is 4.37. The first-order chi connectivity index (χ1) is 10.1. The Morgan fingerprint density at radius 2 is 1.81 bits per heavy atom. The van der Waals surface area contributed by atoms with Crippen molar-refractivity contribution in [2.24, 2.45) is 5.73 Å². The molecule has 0 bridgehead atoms. The molecule has 0 saturated carbocycles. The summed E-state index contributed by atoms with van der Waals surface area (Å²) >= 11 is 0. The Morgan fingerprint density at radius 3 is 2.38 bits per heavy atom. The highest BCUT2D eigenvalue weighted by atomic mass is 16.8. The van der Waals surface area contributed by atoms with Crippen LogP contribution in [0.4, 0.5) is 11.4 Å². The molecule has 0 aromatic heterocycles. The van der Waals surface area contributed by atoms with E-state index in [1.54, 1.807) is 0 Å². The smallest absolute Gasteiger partial charge is 0.241 e. The third-order valence-electron chi connectivity index (χ3n) is 3.03. The van der Waals surface area contributed by atoms with Gasteiger partial charge in [-0.05, 0) is 24.1 Å². The van der Waals surface area contributed by atoms with Crippen molar-refractivity contribution in [1.29, 1.82) is 0 Å².